The van der Waals surface area contributed by atoms with Gasteiger partial charge in [0.05, 0.1) is 36.2 Å². The molecule has 8 nitrogen and oxygen atoms in total. The third kappa shape index (κ3) is 3.98. The number of aryl methyl sites for hydroxylation is 1. The maximum atomic E-state index is 15.3. The Balaban J connectivity index is 1.57. The summed E-state index contributed by atoms with van der Waals surface area (Å²) in [7, 11) is 0. The molecule has 0 unspecified atom stereocenters. The largest absolute Gasteiger partial charge is 0.465 e. The van der Waals surface area contributed by atoms with Gasteiger partial charge in [-0.25, -0.2) is 18.6 Å². The minimum atomic E-state index is -1.04. The second-order valence-electron chi connectivity index (χ2n) is 8.73. The van der Waals surface area contributed by atoms with Gasteiger partial charge in [-0.1, -0.05) is 0 Å². The third-order valence-corrected chi connectivity index (χ3v) is 6.38. The van der Waals surface area contributed by atoms with Crippen molar-refractivity contribution in [3.8, 4) is 11.3 Å². The van der Waals surface area contributed by atoms with Crippen molar-refractivity contribution in [3.05, 3.63) is 58.9 Å². The highest BCUT2D eigenvalue weighted by Gasteiger charge is 2.30. The van der Waals surface area contributed by atoms with E-state index in [1.807, 2.05) is 13.0 Å². The summed E-state index contributed by atoms with van der Waals surface area (Å²) in [6.45, 7) is 3.68. The van der Waals surface area contributed by atoms with Gasteiger partial charge in [0.1, 0.15) is 17.3 Å². The van der Waals surface area contributed by atoms with Crippen molar-refractivity contribution in [2.75, 3.05) is 32.8 Å². The van der Waals surface area contributed by atoms with Crippen molar-refractivity contribution >= 4 is 17.6 Å². The number of imidazole rings is 1. The first-order valence-corrected chi connectivity index (χ1v) is 11.2. The zero-order valence-corrected chi connectivity index (χ0v) is 18.6. The minimum absolute atomic E-state index is 0.0349. The highest BCUT2D eigenvalue weighted by molar-refractivity contribution is 5.95. The van der Waals surface area contributed by atoms with Crippen LogP contribution in [0.4, 0.5) is 13.6 Å². The molecule has 10 heteroatoms. The van der Waals surface area contributed by atoms with Crippen LogP contribution >= 0.6 is 0 Å². The van der Waals surface area contributed by atoms with E-state index in [2.05, 4.69) is 4.98 Å². The molecule has 3 aromatic rings. The van der Waals surface area contributed by atoms with Gasteiger partial charge >= 0.3 is 6.09 Å². The van der Waals surface area contributed by atoms with Gasteiger partial charge in [0.2, 0.25) is 0 Å². The van der Waals surface area contributed by atoms with E-state index < -0.39 is 29.7 Å². The van der Waals surface area contributed by atoms with Crippen molar-refractivity contribution in [2.24, 2.45) is 0 Å². The third-order valence-electron chi connectivity index (χ3n) is 6.38. The normalized spacial score (nSPS) is 18.3. The summed E-state index contributed by atoms with van der Waals surface area (Å²) in [5.41, 5.74) is 1.70. The molecule has 4 heterocycles. The smallest absolute Gasteiger partial charge is 0.407 e. The molecule has 2 aliphatic rings. The number of aromatic nitrogens is 2. The first-order chi connectivity index (χ1) is 16.3. The minimum Gasteiger partial charge on any atom is -0.465 e. The van der Waals surface area contributed by atoms with E-state index in [0.29, 0.717) is 24.4 Å². The lowest BCUT2D eigenvalue weighted by atomic mass is 10.0. The maximum Gasteiger partial charge on any atom is 0.407 e. The molecule has 1 atom stereocenters. The summed E-state index contributed by atoms with van der Waals surface area (Å²) in [5.74, 6) is -2.14. The second-order valence-corrected chi connectivity index (χ2v) is 8.73. The van der Waals surface area contributed by atoms with Gasteiger partial charge in [0.15, 0.2) is 0 Å². The highest BCUT2D eigenvalue weighted by Crippen LogP contribution is 2.32. The van der Waals surface area contributed by atoms with Crippen molar-refractivity contribution < 1.29 is 28.2 Å². The molecule has 2 amide bonds. The van der Waals surface area contributed by atoms with Crippen LogP contribution in [0.25, 0.3) is 16.9 Å². The number of fused-ring (bicyclic) bond motifs is 1. The summed E-state index contributed by atoms with van der Waals surface area (Å²) in [5, 5.41) is 9.34. The van der Waals surface area contributed by atoms with Gasteiger partial charge in [-0.05, 0) is 43.2 Å². The Kier molecular flexibility index (Phi) is 5.68. The number of hydrogen-bond donors (Lipinski definition) is 1. The quantitative estimate of drug-likeness (QED) is 0.632. The number of amides is 2. The number of carbonyl (C=O) groups excluding carboxylic acids is 1. The van der Waals surface area contributed by atoms with E-state index in [0.717, 1.165) is 24.1 Å². The summed E-state index contributed by atoms with van der Waals surface area (Å²) in [6, 6.07) is 5.77. The number of pyridine rings is 1. The average Bonchev–Trinajstić information content (AvgIpc) is 3.09. The molecule has 0 bridgehead atoms. The Morgan fingerprint density at radius 2 is 1.88 bits per heavy atom. The Labute approximate surface area is 194 Å². The molecule has 0 radical (unpaired) electrons. The molecular formula is C24H24F2N4O4. The fraction of sp³-hybridized carbons (Fsp3) is 0.375. The van der Waals surface area contributed by atoms with Gasteiger partial charge in [-0.15, -0.1) is 0 Å². The molecular weight excluding hydrogens is 446 g/mol. The number of halogens is 2. The fourth-order valence-electron chi connectivity index (χ4n) is 4.45. The number of carbonyl (C=O) groups is 2. The van der Waals surface area contributed by atoms with E-state index in [9.17, 15) is 14.7 Å². The van der Waals surface area contributed by atoms with Crippen molar-refractivity contribution in [2.45, 2.75) is 25.9 Å². The summed E-state index contributed by atoms with van der Waals surface area (Å²) in [4.78, 5) is 31.2. The number of rotatable bonds is 4. The van der Waals surface area contributed by atoms with Crippen LogP contribution in [-0.2, 0) is 11.2 Å². The van der Waals surface area contributed by atoms with Gasteiger partial charge in [0, 0.05) is 37.8 Å². The SMILES string of the molecule is Cc1ccn2c(C[C@H]3CN(C(=O)O)CCO3)c(-c3c(F)cc(C(=O)N4CCC4)cc3F)nc2c1. The Bertz CT molecular complexity index is 1260. The van der Waals surface area contributed by atoms with E-state index in [-0.39, 0.29) is 42.9 Å². The van der Waals surface area contributed by atoms with Crippen molar-refractivity contribution in [1.82, 2.24) is 19.2 Å². The van der Waals surface area contributed by atoms with E-state index in [4.69, 9.17) is 4.74 Å². The van der Waals surface area contributed by atoms with Gasteiger partial charge < -0.3 is 24.0 Å². The molecule has 1 N–H and O–H groups in total. The van der Waals surface area contributed by atoms with E-state index in [1.54, 1.807) is 21.6 Å². The van der Waals surface area contributed by atoms with E-state index in [1.165, 1.54) is 4.90 Å². The molecule has 5 rings (SSSR count). The van der Waals surface area contributed by atoms with Gasteiger partial charge in [-0.2, -0.15) is 0 Å². The van der Waals surface area contributed by atoms with Crippen molar-refractivity contribution in [1.29, 1.82) is 0 Å². The first-order valence-electron chi connectivity index (χ1n) is 11.2. The second kappa shape index (κ2) is 8.68. The molecule has 1 aromatic carbocycles. The molecule has 2 fully saturated rings. The number of morpholine rings is 1. The number of benzene rings is 1. The van der Waals surface area contributed by atoms with Crippen LogP contribution in [0.5, 0.6) is 0 Å². The van der Waals surface area contributed by atoms with Crippen LogP contribution in [0.3, 0.4) is 0 Å². The number of nitrogens with zero attached hydrogens (tertiary/aromatic N) is 4. The zero-order chi connectivity index (χ0) is 24.0. The Morgan fingerprint density at radius 3 is 2.53 bits per heavy atom. The van der Waals surface area contributed by atoms with Crippen LogP contribution in [-0.4, -0.2) is 75.2 Å². The molecule has 178 valence electrons. The predicted molar refractivity (Wildman–Crippen MR) is 119 cm³/mol. The number of carboxylic acid groups (broad SMARTS) is 1. The van der Waals surface area contributed by atoms with Crippen LogP contribution in [0.15, 0.2) is 30.5 Å². The monoisotopic (exact) mass is 470 g/mol. The molecule has 34 heavy (non-hydrogen) atoms. The molecule has 2 saturated heterocycles. The topological polar surface area (TPSA) is 87.4 Å². The number of hydrogen-bond acceptors (Lipinski definition) is 4. The summed E-state index contributed by atoms with van der Waals surface area (Å²) in [6.07, 6.45) is 1.31. The number of ether oxygens (including phenoxy) is 1. The zero-order valence-electron chi connectivity index (χ0n) is 18.6. The maximum absolute atomic E-state index is 15.3. The average molecular weight is 470 g/mol. The van der Waals surface area contributed by atoms with Crippen molar-refractivity contribution in [3.63, 3.8) is 0 Å². The Hall–Kier alpha value is -3.53. The lowest BCUT2D eigenvalue weighted by Crippen LogP contribution is -2.45. The summed E-state index contributed by atoms with van der Waals surface area (Å²) < 4.78 is 38.1. The lowest BCUT2D eigenvalue weighted by molar-refractivity contribution is -0.0214. The molecule has 0 spiro atoms. The van der Waals surface area contributed by atoms with E-state index >= 15 is 8.78 Å². The van der Waals surface area contributed by atoms with Crippen LogP contribution in [0, 0.1) is 18.6 Å². The molecule has 0 saturated carbocycles. The van der Waals surface area contributed by atoms with Gasteiger partial charge in [-0.3, -0.25) is 4.79 Å². The predicted octanol–water partition coefficient (Wildman–Crippen LogP) is 3.36. The summed E-state index contributed by atoms with van der Waals surface area (Å²) >= 11 is 0. The van der Waals surface area contributed by atoms with Crippen LogP contribution < -0.4 is 0 Å². The molecule has 2 aromatic heterocycles. The number of likely N-dealkylation sites (tertiary alicyclic amines) is 1. The molecule has 2 aliphatic heterocycles. The fourth-order valence-corrected chi connectivity index (χ4v) is 4.45. The van der Waals surface area contributed by atoms with Crippen LogP contribution in [0.1, 0.15) is 28.0 Å². The Morgan fingerprint density at radius 1 is 1.15 bits per heavy atom. The lowest BCUT2D eigenvalue weighted by Gasteiger charge is -2.31. The first kappa shape index (κ1) is 22.3. The standard InChI is InChI=1S/C24H24F2N4O4/c1-14-3-6-30-19(12-16-13-29(24(32)33)7-8-34-16)22(27-20(30)9-14)21-17(25)10-15(11-18(21)26)23(31)28-4-2-5-28/h3,6,9-11,16H,2,4-5,7-8,12-13H2,1H3,(H,32,33)/t16-/m0/s1. The van der Waals surface area contributed by atoms with Crippen LogP contribution in [0.2, 0.25) is 0 Å². The highest BCUT2D eigenvalue weighted by atomic mass is 19.1. The van der Waals surface area contributed by atoms with Gasteiger partial charge in [0.25, 0.3) is 5.91 Å². The molecule has 0 aliphatic carbocycles.